The lowest BCUT2D eigenvalue weighted by Gasteiger charge is -2.43. The molecule has 0 bridgehead atoms. The summed E-state index contributed by atoms with van der Waals surface area (Å²) in [5.74, 6) is 1.04. The van der Waals surface area contributed by atoms with Crippen molar-refractivity contribution in [2.75, 3.05) is 38.2 Å². The van der Waals surface area contributed by atoms with Crippen molar-refractivity contribution in [1.29, 1.82) is 0 Å². The molecule has 2 heterocycles. The number of carbonyl (C=O) groups is 3. The topological polar surface area (TPSA) is 79.4 Å². The Morgan fingerprint density at radius 1 is 0.977 bits per heavy atom. The molecule has 0 unspecified atom stereocenters. The molecule has 3 fully saturated rings. The molecule has 2 aromatic rings. The van der Waals surface area contributed by atoms with Crippen LogP contribution in [0.2, 0.25) is 0 Å². The second-order valence-corrected chi connectivity index (χ2v) is 13.4. The molecule has 8 heteroatoms. The first-order valence-corrected chi connectivity index (χ1v) is 15.9. The lowest BCUT2D eigenvalue weighted by atomic mass is 9.83. The number of urea groups is 1. The van der Waals surface area contributed by atoms with Crippen LogP contribution >= 0.6 is 0 Å². The van der Waals surface area contributed by atoms with Crippen LogP contribution in [0.5, 0.6) is 5.75 Å². The number of nitrogens with zero attached hydrogens (tertiary/aromatic N) is 3. The molecule has 0 atom stereocenters. The van der Waals surface area contributed by atoms with E-state index in [1.807, 2.05) is 56.0 Å². The van der Waals surface area contributed by atoms with E-state index in [-0.39, 0.29) is 24.3 Å². The van der Waals surface area contributed by atoms with Crippen LogP contribution < -0.4 is 9.64 Å². The Morgan fingerprint density at radius 2 is 1.70 bits per heavy atom. The van der Waals surface area contributed by atoms with Gasteiger partial charge in [0.25, 0.3) is 5.91 Å². The van der Waals surface area contributed by atoms with Crippen LogP contribution in [-0.4, -0.2) is 72.1 Å². The minimum Gasteiger partial charge on any atom is -0.497 e. The normalized spacial score (nSPS) is 18.7. The first-order chi connectivity index (χ1) is 20.6. The zero-order chi connectivity index (χ0) is 30.6. The summed E-state index contributed by atoms with van der Waals surface area (Å²) in [5, 5.41) is 0. The molecule has 0 N–H and O–H groups in total. The molecule has 3 aliphatic rings. The number of rotatable bonds is 11. The third-order valence-electron chi connectivity index (χ3n) is 9.18. The van der Waals surface area contributed by atoms with Crippen molar-refractivity contribution in [2.24, 2.45) is 5.92 Å². The average Bonchev–Trinajstić information content (AvgIpc) is 3.13. The number of amides is 3. The van der Waals surface area contributed by atoms with Crippen molar-refractivity contribution in [1.82, 2.24) is 9.80 Å². The predicted octanol–water partition coefficient (Wildman–Crippen LogP) is 6.01. The van der Waals surface area contributed by atoms with Crippen LogP contribution in [0.15, 0.2) is 48.5 Å². The fourth-order valence-electron chi connectivity index (χ4n) is 6.60. The van der Waals surface area contributed by atoms with Crippen LogP contribution in [0.4, 0.5) is 10.5 Å². The highest BCUT2D eigenvalue weighted by Crippen LogP contribution is 2.40. The van der Waals surface area contributed by atoms with Crippen molar-refractivity contribution in [3.63, 3.8) is 0 Å². The number of benzene rings is 2. The molecule has 3 amide bonds. The van der Waals surface area contributed by atoms with E-state index >= 15 is 0 Å². The second kappa shape index (κ2) is 13.0. The van der Waals surface area contributed by atoms with Gasteiger partial charge >= 0.3 is 12.0 Å². The molecule has 43 heavy (non-hydrogen) atoms. The minimum absolute atomic E-state index is 0.00196. The van der Waals surface area contributed by atoms with Gasteiger partial charge in [-0.05, 0) is 107 Å². The van der Waals surface area contributed by atoms with Crippen molar-refractivity contribution in [2.45, 2.75) is 89.7 Å². The highest BCUT2D eigenvalue weighted by molar-refractivity contribution is 6.07. The van der Waals surface area contributed by atoms with Crippen LogP contribution in [0, 0.1) is 5.92 Å². The maximum Gasteiger partial charge on any atom is 0.327 e. The van der Waals surface area contributed by atoms with E-state index in [1.54, 1.807) is 12.0 Å². The summed E-state index contributed by atoms with van der Waals surface area (Å²) in [6, 6.07) is 16.0. The summed E-state index contributed by atoms with van der Waals surface area (Å²) in [6.45, 7) is 8.11. The van der Waals surface area contributed by atoms with Gasteiger partial charge in [0.15, 0.2) is 0 Å². The van der Waals surface area contributed by atoms with Crippen LogP contribution in [-0.2, 0) is 27.2 Å². The monoisotopic (exact) mass is 589 g/mol. The predicted molar refractivity (Wildman–Crippen MR) is 167 cm³/mol. The molecule has 0 aromatic heterocycles. The number of hydrogen-bond donors (Lipinski definition) is 0. The molecule has 1 spiro atoms. The highest BCUT2D eigenvalue weighted by atomic mass is 16.6. The van der Waals surface area contributed by atoms with Gasteiger partial charge in [0.2, 0.25) is 0 Å². The molecule has 8 nitrogen and oxygen atoms in total. The molecule has 1 aliphatic carbocycles. The summed E-state index contributed by atoms with van der Waals surface area (Å²) in [4.78, 5) is 45.9. The van der Waals surface area contributed by atoms with Gasteiger partial charge in [0, 0.05) is 31.9 Å². The lowest BCUT2D eigenvalue weighted by Crippen LogP contribution is -2.57. The van der Waals surface area contributed by atoms with E-state index in [0.29, 0.717) is 44.9 Å². The number of piperidine rings is 1. The first kappa shape index (κ1) is 30.9. The summed E-state index contributed by atoms with van der Waals surface area (Å²) in [6.07, 6.45) is 7.52. The Hall–Kier alpha value is -3.55. The van der Waals surface area contributed by atoms with E-state index < -0.39 is 11.1 Å². The van der Waals surface area contributed by atoms with Gasteiger partial charge in [-0.1, -0.05) is 30.7 Å². The summed E-state index contributed by atoms with van der Waals surface area (Å²) < 4.78 is 10.8. The van der Waals surface area contributed by atoms with Gasteiger partial charge in [-0.25, -0.2) is 4.79 Å². The highest BCUT2D eigenvalue weighted by Gasteiger charge is 2.58. The maximum absolute atomic E-state index is 14.0. The molecule has 1 saturated carbocycles. The number of methoxy groups -OCH3 is 1. The fourth-order valence-corrected chi connectivity index (χ4v) is 6.60. The van der Waals surface area contributed by atoms with Crippen molar-refractivity contribution < 1.29 is 23.9 Å². The molecule has 2 aliphatic heterocycles. The number of esters is 1. The first-order valence-electron chi connectivity index (χ1n) is 15.9. The molecule has 2 aromatic carbocycles. The summed E-state index contributed by atoms with van der Waals surface area (Å²) >= 11 is 0. The Balaban J connectivity index is 1.24. The number of hydrogen-bond acceptors (Lipinski definition) is 6. The third-order valence-corrected chi connectivity index (χ3v) is 9.18. The number of carbonyl (C=O) groups excluding carboxylic acids is 3. The lowest BCUT2D eigenvalue weighted by molar-refractivity contribution is -0.153. The molecular weight excluding hydrogens is 542 g/mol. The van der Waals surface area contributed by atoms with Crippen LogP contribution in [0.1, 0.15) is 76.8 Å². The molecule has 5 rings (SSSR count). The number of aryl methyl sites for hydroxylation is 1. The third kappa shape index (κ3) is 7.16. The second-order valence-electron chi connectivity index (χ2n) is 13.4. The fraction of sp³-hybridized carbons (Fsp3) is 0.571. The largest absolute Gasteiger partial charge is 0.497 e. The number of ether oxygens (including phenoxy) is 2. The minimum atomic E-state index is -0.772. The average molecular weight is 590 g/mol. The van der Waals surface area contributed by atoms with Gasteiger partial charge < -0.3 is 19.3 Å². The van der Waals surface area contributed by atoms with Crippen molar-refractivity contribution in [3.05, 3.63) is 59.7 Å². The Morgan fingerprint density at radius 3 is 2.33 bits per heavy atom. The molecular formula is C35H47N3O5. The number of anilines is 1. The number of unbranched alkanes of at least 4 members (excludes halogenated alkanes) is 1. The van der Waals surface area contributed by atoms with Gasteiger partial charge in [-0.3, -0.25) is 14.5 Å². The molecule has 2 saturated heterocycles. The zero-order valence-corrected chi connectivity index (χ0v) is 26.3. The number of imide groups is 1. The van der Waals surface area contributed by atoms with Crippen molar-refractivity contribution >= 4 is 23.6 Å². The molecule has 232 valence electrons. The van der Waals surface area contributed by atoms with Crippen molar-refractivity contribution in [3.8, 4) is 5.75 Å². The zero-order valence-electron chi connectivity index (χ0n) is 26.3. The SMILES string of the molecule is COc1ccc(CCCCN2C(=O)N(CC3CCC3)C(=O)C23CCN(c2cccc(CC(=O)OC(C)(C)C)c2)CC3)cc1. The van der Waals surface area contributed by atoms with E-state index in [1.165, 1.54) is 12.0 Å². The summed E-state index contributed by atoms with van der Waals surface area (Å²) in [7, 11) is 1.67. The van der Waals surface area contributed by atoms with Gasteiger partial charge in [-0.2, -0.15) is 0 Å². The van der Waals surface area contributed by atoms with E-state index in [0.717, 1.165) is 49.1 Å². The maximum atomic E-state index is 14.0. The standard InChI is InChI=1S/C35H47N3O5/c1-34(2,3)43-31(39)24-28-12-8-13-29(23-28)36-21-18-35(19-22-36)32(40)37(25-27-10-7-11-27)33(41)38(35)20-6-5-9-26-14-16-30(42-4)17-15-26/h8,12-17,23,27H,5-7,9-11,18-22,24-25H2,1-4H3. The Kier molecular flexibility index (Phi) is 9.33. The van der Waals surface area contributed by atoms with Gasteiger partial charge in [0.05, 0.1) is 13.5 Å². The summed E-state index contributed by atoms with van der Waals surface area (Å²) in [5.41, 5.74) is 1.89. The quantitative estimate of drug-likeness (QED) is 0.182. The Labute approximate surface area is 256 Å². The van der Waals surface area contributed by atoms with Crippen LogP contribution in [0.3, 0.4) is 0 Å². The Bertz CT molecular complexity index is 1290. The van der Waals surface area contributed by atoms with Gasteiger partial charge in [-0.15, -0.1) is 0 Å². The van der Waals surface area contributed by atoms with Gasteiger partial charge in [0.1, 0.15) is 16.9 Å². The van der Waals surface area contributed by atoms with E-state index in [2.05, 4.69) is 23.1 Å². The molecule has 0 radical (unpaired) electrons. The van der Waals surface area contributed by atoms with Crippen LogP contribution in [0.25, 0.3) is 0 Å². The van der Waals surface area contributed by atoms with E-state index in [4.69, 9.17) is 9.47 Å². The smallest absolute Gasteiger partial charge is 0.327 e. The van der Waals surface area contributed by atoms with E-state index in [9.17, 15) is 14.4 Å².